The molecule has 0 bridgehead atoms. The number of carbonyl (C=O) groups is 1. The number of ketones is 1. The molecule has 1 heterocycles. The highest BCUT2D eigenvalue weighted by atomic mass is 16.5. The van der Waals surface area contributed by atoms with Crippen molar-refractivity contribution in [3.05, 3.63) is 0 Å². The summed E-state index contributed by atoms with van der Waals surface area (Å²) in [5, 5.41) is 0. The van der Waals surface area contributed by atoms with Gasteiger partial charge in [-0.1, -0.05) is 20.8 Å². The molecule has 12 heavy (non-hydrogen) atoms. The van der Waals surface area contributed by atoms with Gasteiger partial charge in [-0.2, -0.15) is 0 Å². The third-order valence-corrected chi connectivity index (χ3v) is 2.65. The van der Waals surface area contributed by atoms with Crippen LogP contribution in [0.1, 0.15) is 40.0 Å². The van der Waals surface area contributed by atoms with E-state index in [4.69, 9.17) is 4.74 Å². The number of hydrogen-bond donors (Lipinski definition) is 0. The molecule has 0 aromatic rings. The van der Waals surface area contributed by atoms with Crippen molar-refractivity contribution in [3.63, 3.8) is 0 Å². The highest BCUT2D eigenvalue weighted by molar-refractivity contribution is 5.89. The summed E-state index contributed by atoms with van der Waals surface area (Å²) < 4.78 is 5.56. The second kappa shape index (κ2) is 3.56. The van der Waals surface area contributed by atoms with Gasteiger partial charge in [0.1, 0.15) is 5.60 Å². The summed E-state index contributed by atoms with van der Waals surface area (Å²) in [4.78, 5) is 11.8. The third-order valence-electron chi connectivity index (χ3n) is 2.65. The van der Waals surface area contributed by atoms with Gasteiger partial charge in [-0.15, -0.1) is 0 Å². The van der Waals surface area contributed by atoms with E-state index >= 15 is 0 Å². The maximum atomic E-state index is 11.8. The summed E-state index contributed by atoms with van der Waals surface area (Å²) in [5.41, 5.74) is -0.422. The number of rotatable bonds is 3. The van der Waals surface area contributed by atoms with Crippen LogP contribution >= 0.6 is 0 Å². The lowest BCUT2D eigenvalue weighted by Gasteiger charge is -2.26. The average molecular weight is 170 g/mol. The zero-order valence-electron chi connectivity index (χ0n) is 8.22. The molecule has 1 atom stereocenters. The fourth-order valence-electron chi connectivity index (χ4n) is 1.87. The van der Waals surface area contributed by atoms with Crippen LogP contribution in [-0.4, -0.2) is 18.0 Å². The fourth-order valence-corrected chi connectivity index (χ4v) is 1.87. The molecule has 0 aromatic heterocycles. The van der Waals surface area contributed by atoms with Crippen LogP contribution in [-0.2, 0) is 9.53 Å². The summed E-state index contributed by atoms with van der Waals surface area (Å²) in [6.45, 7) is 6.68. The monoisotopic (exact) mass is 170 g/mol. The van der Waals surface area contributed by atoms with Gasteiger partial charge in [0.15, 0.2) is 5.78 Å². The van der Waals surface area contributed by atoms with Crippen LogP contribution in [0.2, 0.25) is 0 Å². The van der Waals surface area contributed by atoms with Crippen molar-refractivity contribution < 1.29 is 9.53 Å². The Morgan fingerprint density at radius 3 is 2.58 bits per heavy atom. The zero-order valence-corrected chi connectivity index (χ0v) is 8.22. The first-order valence-corrected chi connectivity index (χ1v) is 4.80. The van der Waals surface area contributed by atoms with Crippen molar-refractivity contribution in [2.75, 3.05) is 6.61 Å². The molecule has 0 amide bonds. The molecule has 1 fully saturated rings. The molecule has 1 rings (SSSR count). The summed E-state index contributed by atoms with van der Waals surface area (Å²) in [5.74, 6) is 0.380. The highest BCUT2D eigenvalue weighted by Crippen LogP contribution is 2.32. The first kappa shape index (κ1) is 9.72. The minimum Gasteiger partial charge on any atom is -0.367 e. The summed E-state index contributed by atoms with van der Waals surface area (Å²) >= 11 is 0. The first-order chi connectivity index (χ1) is 5.62. The van der Waals surface area contributed by atoms with Crippen LogP contribution in [0.25, 0.3) is 0 Å². The van der Waals surface area contributed by atoms with Crippen LogP contribution in [0.4, 0.5) is 0 Å². The lowest BCUT2D eigenvalue weighted by atomic mass is 9.86. The van der Waals surface area contributed by atoms with E-state index in [1.54, 1.807) is 0 Å². The smallest absolute Gasteiger partial charge is 0.167 e. The van der Waals surface area contributed by atoms with E-state index in [2.05, 4.69) is 0 Å². The molecular formula is C10H18O2. The Bertz CT molecular complexity index is 167. The molecule has 0 unspecified atom stereocenters. The molecule has 2 heteroatoms. The van der Waals surface area contributed by atoms with E-state index in [0.29, 0.717) is 0 Å². The molecule has 0 saturated carbocycles. The topological polar surface area (TPSA) is 26.3 Å². The summed E-state index contributed by atoms with van der Waals surface area (Å²) in [6, 6.07) is 0. The molecule has 1 saturated heterocycles. The maximum Gasteiger partial charge on any atom is 0.167 e. The van der Waals surface area contributed by atoms with Crippen LogP contribution in [0, 0.1) is 5.92 Å². The van der Waals surface area contributed by atoms with Crippen molar-refractivity contribution in [1.29, 1.82) is 0 Å². The van der Waals surface area contributed by atoms with Crippen molar-refractivity contribution in [2.45, 2.75) is 45.6 Å². The second-order valence-corrected chi connectivity index (χ2v) is 3.82. The van der Waals surface area contributed by atoms with E-state index in [0.717, 1.165) is 25.9 Å². The predicted octanol–water partition coefficient (Wildman–Crippen LogP) is 2.17. The van der Waals surface area contributed by atoms with Gasteiger partial charge in [0.2, 0.25) is 0 Å². The molecular weight excluding hydrogens is 152 g/mol. The van der Waals surface area contributed by atoms with Crippen molar-refractivity contribution in [1.82, 2.24) is 0 Å². The zero-order chi connectivity index (χ0) is 9.19. The van der Waals surface area contributed by atoms with Gasteiger partial charge in [0.25, 0.3) is 0 Å². The Morgan fingerprint density at radius 1 is 1.58 bits per heavy atom. The van der Waals surface area contributed by atoms with Crippen LogP contribution < -0.4 is 0 Å². The van der Waals surface area contributed by atoms with Crippen LogP contribution in [0.3, 0.4) is 0 Å². The minimum atomic E-state index is -0.422. The Kier molecular flexibility index (Phi) is 2.89. The molecule has 2 nitrogen and oxygen atoms in total. The molecule has 1 aliphatic heterocycles. The van der Waals surface area contributed by atoms with E-state index in [1.807, 2.05) is 20.8 Å². The molecule has 70 valence electrons. The standard InChI is InChI=1S/C10H18O2/c1-4-10(6-5-7-12-10)9(11)8(2)3/h8H,4-7H2,1-3H3/t10-/m1/s1. The van der Waals surface area contributed by atoms with Crippen molar-refractivity contribution >= 4 is 5.78 Å². The van der Waals surface area contributed by atoms with Gasteiger partial charge in [-0.3, -0.25) is 4.79 Å². The van der Waals surface area contributed by atoms with Gasteiger partial charge >= 0.3 is 0 Å². The molecule has 0 radical (unpaired) electrons. The van der Waals surface area contributed by atoms with Gasteiger partial charge in [-0.25, -0.2) is 0 Å². The number of Topliss-reactive ketones (excluding diaryl/α,β-unsaturated/α-hetero) is 1. The lowest BCUT2D eigenvalue weighted by molar-refractivity contribution is -0.142. The molecule has 0 aromatic carbocycles. The first-order valence-electron chi connectivity index (χ1n) is 4.80. The van der Waals surface area contributed by atoms with Crippen LogP contribution in [0.5, 0.6) is 0 Å². The predicted molar refractivity (Wildman–Crippen MR) is 48.1 cm³/mol. The minimum absolute atomic E-state index is 0.100. The SMILES string of the molecule is CC[C@]1(C(=O)C(C)C)CCCO1. The van der Waals surface area contributed by atoms with Gasteiger partial charge in [-0.05, 0) is 19.3 Å². The van der Waals surface area contributed by atoms with Gasteiger partial charge in [0.05, 0.1) is 0 Å². The van der Waals surface area contributed by atoms with E-state index in [9.17, 15) is 4.79 Å². The largest absolute Gasteiger partial charge is 0.367 e. The normalized spacial score (nSPS) is 29.7. The van der Waals surface area contributed by atoms with Crippen LogP contribution in [0.15, 0.2) is 0 Å². The van der Waals surface area contributed by atoms with Gasteiger partial charge in [0, 0.05) is 12.5 Å². The summed E-state index contributed by atoms with van der Waals surface area (Å²) in [6.07, 6.45) is 2.77. The third kappa shape index (κ3) is 1.53. The Morgan fingerprint density at radius 2 is 2.25 bits per heavy atom. The Labute approximate surface area is 74.3 Å². The molecule has 0 aliphatic carbocycles. The van der Waals surface area contributed by atoms with E-state index in [-0.39, 0.29) is 11.7 Å². The van der Waals surface area contributed by atoms with E-state index in [1.165, 1.54) is 0 Å². The number of hydrogen-bond acceptors (Lipinski definition) is 2. The number of ether oxygens (including phenoxy) is 1. The average Bonchev–Trinajstić information content (AvgIpc) is 2.52. The fraction of sp³-hybridized carbons (Fsp3) is 0.900. The number of carbonyl (C=O) groups excluding carboxylic acids is 1. The lowest BCUT2D eigenvalue weighted by Crippen LogP contribution is -2.40. The van der Waals surface area contributed by atoms with Crippen molar-refractivity contribution in [3.8, 4) is 0 Å². The second-order valence-electron chi connectivity index (χ2n) is 3.82. The molecule has 0 spiro atoms. The molecule has 1 aliphatic rings. The maximum absolute atomic E-state index is 11.8. The van der Waals surface area contributed by atoms with Crippen molar-refractivity contribution in [2.24, 2.45) is 5.92 Å². The molecule has 0 N–H and O–H groups in total. The highest BCUT2D eigenvalue weighted by Gasteiger charge is 2.41. The quantitative estimate of drug-likeness (QED) is 0.649. The Hall–Kier alpha value is -0.370. The van der Waals surface area contributed by atoms with E-state index < -0.39 is 5.60 Å². The summed E-state index contributed by atoms with van der Waals surface area (Å²) in [7, 11) is 0. The Balaban J connectivity index is 2.72. The van der Waals surface area contributed by atoms with Gasteiger partial charge < -0.3 is 4.74 Å².